The van der Waals surface area contributed by atoms with E-state index in [1.807, 2.05) is 28.6 Å². The fourth-order valence-electron chi connectivity index (χ4n) is 4.17. The highest BCUT2D eigenvalue weighted by molar-refractivity contribution is 7.12. The predicted molar refractivity (Wildman–Crippen MR) is 137 cm³/mol. The third kappa shape index (κ3) is 4.82. The summed E-state index contributed by atoms with van der Waals surface area (Å²) < 4.78 is 0. The summed E-state index contributed by atoms with van der Waals surface area (Å²) in [6.45, 7) is 3.64. The van der Waals surface area contributed by atoms with E-state index in [9.17, 15) is 9.59 Å². The molecule has 8 heteroatoms. The number of fused-ring (bicyclic) bond motifs is 1. The third-order valence-corrected chi connectivity index (χ3v) is 7.17. The zero-order valence-corrected chi connectivity index (χ0v) is 20.0. The van der Waals surface area contributed by atoms with Crippen molar-refractivity contribution in [3.8, 4) is 0 Å². The van der Waals surface area contributed by atoms with E-state index >= 15 is 0 Å². The number of rotatable bonds is 5. The molecule has 1 fully saturated rings. The van der Waals surface area contributed by atoms with Crippen LogP contribution in [0.4, 0.5) is 5.69 Å². The lowest BCUT2D eigenvalue weighted by atomic mass is 10.1. The smallest absolute Gasteiger partial charge is 0.265 e. The van der Waals surface area contributed by atoms with E-state index in [2.05, 4.69) is 39.5 Å². The minimum atomic E-state index is -0.238. The summed E-state index contributed by atoms with van der Waals surface area (Å²) in [5.74, 6) is -0.298. The molecule has 1 aliphatic rings. The van der Waals surface area contributed by atoms with Gasteiger partial charge in [0.05, 0.1) is 21.1 Å². The second-order valence-corrected chi connectivity index (χ2v) is 9.54. The molecule has 0 radical (unpaired) electrons. The number of para-hydroxylation sites is 1. The van der Waals surface area contributed by atoms with Gasteiger partial charge in [0.2, 0.25) is 0 Å². The molecule has 1 aliphatic heterocycles. The van der Waals surface area contributed by atoms with Gasteiger partial charge in [-0.3, -0.25) is 19.5 Å². The maximum atomic E-state index is 13.2. The van der Waals surface area contributed by atoms with Crippen molar-refractivity contribution < 1.29 is 9.59 Å². The molecule has 2 amide bonds. The highest BCUT2D eigenvalue weighted by Crippen LogP contribution is 2.26. The Labute approximate surface area is 206 Å². The van der Waals surface area contributed by atoms with E-state index in [-0.39, 0.29) is 11.8 Å². The fourth-order valence-corrected chi connectivity index (χ4v) is 4.96. The number of anilines is 1. The maximum Gasteiger partial charge on any atom is 0.265 e. The monoisotopic (exact) mass is 490 g/mol. The summed E-state index contributed by atoms with van der Waals surface area (Å²) in [4.78, 5) is 34.9. The first-order valence-electron chi connectivity index (χ1n) is 11.1. The lowest BCUT2D eigenvalue weighted by Gasteiger charge is -2.35. The first-order valence-corrected chi connectivity index (χ1v) is 12.3. The van der Waals surface area contributed by atoms with Crippen LogP contribution in [-0.2, 0) is 6.54 Å². The first-order chi connectivity index (χ1) is 16.6. The van der Waals surface area contributed by atoms with Crippen LogP contribution in [0.25, 0.3) is 10.9 Å². The number of piperazine rings is 1. The van der Waals surface area contributed by atoms with Crippen LogP contribution in [-0.4, -0.2) is 52.8 Å². The van der Waals surface area contributed by atoms with Crippen molar-refractivity contribution in [1.29, 1.82) is 0 Å². The lowest BCUT2D eigenvalue weighted by molar-refractivity contribution is 0.0628. The van der Waals surface area contributed by atoms with E-state index in [0.29, 0.717) is 34.2 Å². The van der Waals surface area contributed by atoms with Crippen LogP contribution in [0.5, 0.6) is 0 Å². The molecule has 4 aromatic rings. The summed E-state index contributed by atoms with van der Waals surface area (Å²) in [5, 5.41) is 6.19. The van der Waals surface area contributed by atoms with Crippen molar-refractivity contribution >= 4 is 51.3 Å². The van der Waals surface area contributed by atoms with Crippen molar-refractivity contribution in [3.05, 3.63) is 93.3 Å². The number of carbonyl (C=O) groups excluding carboxylic acids is 2. The Hall–Kier alpha value is -3.26. The van der Waals surface area contributed by atoms with Crippen molar-refractivity contribution in [2.24, 2.45) is 0 Å². The Morgan fingerprint density at radius 1 is 1.00 bits per heavy atom. The number of pyridine rings is 1. The molecule has 0 aliphatic carbocycles. The molecular formula is C26H23ClN4O2S. The van der Waals surface area contributed by atoms with Crippen LogP contribution < -0.4 is 5.32 Å². The zero-order chi connectivity index (χ0) is 23.5. The standard InChI is InChI=1S/C26H23ClN4O2S/c27-21-9-8-19(16-22(21)29-25(32)23-7-3-15-34-23)26(33)31-13-11-30(12-14-31)17-20-5-1-4-18-6-2-10-28-24(18)20/h1-10,15-16H,11-14,17H2,(H,29,32). The largest absolute Gasteiger partial charge is 0.336 e. The minimum absolute atomic E-state index is 0.0604. The van der Waals surface area contributed by atoms with E-state index < -0.39 is 0 Å². The van der Waals surface area contributed by atoms with Crippen LogP contribution in [0.3, 0.4) is 0 Å². The Kier molecular flexibility index (Phi) is 6.58. The molecule has 0 spiro atoms. The minimum Gasteiger partial charge on any atom is -0.336 e. The summed E-state index contributed by atoms with van der Waals surface area (Å²) in [7, 11) is 0. The van der Waals surface area contributed by atoms with Gasteiger partial charge in [0.1, 0.15) is 0 Å². The Morgan fingerprint density at radius 2 is 1.82 bits per heavy atom. The van der Waals surface area contributed by atoms with Crippen molar-refractivity contribution in [3.63, 3.8) is 0 Å². The molecule has 0 saturated carbocycles. The van der Waals surface area contributed by atoms with Crippen molar-refractivity contribution in [2.75, 3.05) is 31.5 Å². The molecule has 3 heterocycles. The third-order valence-electron chi connectivity index (χ3n) is 5.98. The number of halogens is 1. The number of nitrogens with one attached hydrogen (secondary N) is 1. The number of hydrogen-bond donors (Lipinski definition) is 1. The zero-order valence-electron chi connectivity index (χ0n) is 18.4. The highest BCUT2D eigenvalue weighted by atomic mass is 35.5. The number of benzene rings is 2. The summed E-state index contributed by atoms with van der Waals surface area (Å²) in [6.07, 6.45) is 1.83. The molecule has 5 rings (SSSR count). The van der Waals surface area contributed by atoms with Crippen LogP contribution in [0.2, 0.25) is 5.02 Å². The molecule has 2 aromatic heterocycles. The number of aromatic nitrogens is 1. The van der Waals surface area contributed by atoms with Crippen LogP contribution in [0.15, 0.2) is 72.2 Å². The van der Waals surface area contributed by atoms with Gasteiger partial charge in [-0.2, -0.15) is 0 Å². The van der Waals surface area contributed by atoms with Crippen molar-refractivity contribution in [1.82, 2.24) is 14.8 Å². The molecule has 1 saturated heterocycles. The summed E-state index contributed by atoms with van der Waals surface area (Å²) in [5.41, 5.74) is 3.18. The van der Waals surface area contributed by atoms with Gasteiger partial charge in [0.25, 0.3) is 11.8 Å². The molecule has 0 unspecified atom stereocenters. The van der Waals surface area contributed by atoms with Crippen LogP contribution in [0, 0.1) is 0 Å². The normalized spacial score (nSPS) is 14.3. The Morgan fingerprint density at radius 3 is 2.62 bits per heavy atom. The average molecular weight is 491 g/mol. The molecule has 1 N–H and O–H groups in total. The molecule has 172 valence electrons. The molecular weight excluding hydrogens is 468 g/mol. The summed E-state index contributed by atoms with van der Waals surface area (Å²) >= 11 is 7.63. The molecule has 0 bridgehead atoms. The SMILES string of the molecule is O=C(Nc1cc(C(=O)N2CCN(Cc3cccc4cccnc34)CC2)ccc1Cl)c1cccs1. The van der Waals surface area contributed by atoms with Crippen LogP contribution >= 0.6 is 22.9 Å². The number of amides is 2. The number of hydrogen-bond acceptors (Lipinski definition) is 5. The van der Waals surface area contributed by atoms with E-state index in [4.69, 9.17) is 11.6 Å². The number of carbonyl (C=O) groups is 2. The van der Waals surface area contributed by atoms with Gasteiger partial charge in [-0.05, 0) is 41.3 Å². The van der Waals surface area contributed by atoms with E-state index in [1.54, 1.807) is 24.3 Å². The van der Waals surface area contributed by atoms with Gasteiger partial charge in [-0.1, -0.05) is 41.9 Å². The van der Waals surface area contributed by atoms with Gasteiger partial charge < -0.3 is 10.2 Å². The summed E-state index contributed by atoms with van der Waals surface area (Å²) in [6, 6.07) is 18.9. The van der Waals surface area contributed by atoms with Gasteiger partial charge in [0, 0.05) is 49.9 Å². The second-order valence-electron chi connectivity index (χ2n) is 8.19. The number of nitrogens with zero attached hydrogens (tertiary/aromatic N) is 3. The molecule has 0 atom stereocenters. The topological polar surface area (TPSA) is 65.5 Å². The van der Waals surface area contributed by atoms with E-state index in [1.165, 1.54) is 16.9 Å². The number of thiophene rings is 1. The molecule has 6 nitrogen and oxygen atoms in total. The van der Waals surface area contributed by atoms with Crippen LogP contribution in [0.1, 0.15) is 25.6 Å². The predicted octanol–water partition coefficient (Wildman–Crippen LogP) is 5.16. The average Bonchev–Trinajstić information content (AvgIpc) is 3.41. The van der Waals surface area contributed by atoms with E-state index in [0.717, 1.165) is 30.5 Å². The van der Waals surface area contributed by atoms with Gasteiger partial charge in [-0.25, -0.2) is 0 Å². The van der Waals surface area contributed by atoms with Gasteiger partial charge in [-0.15, -0.1) is 11.3 Å². The molecule has 2 aromatic carbocycles. The highest BCUT2D eigenvalue weighted by Gasteiger charge is 2.23. The fraction of sp³-hybridized carbons (Fsp3) is 0.192. The Bertz CT molecular complexity index is 1330. The molecule has 34 heavy (non-hydrogen) atoms. The first kappa shape index (κ1) is 22.5. The second kappa shape index (κ2) is 9.93. The van der Waals surface area contributed by atoms with Gasteiger partial charge >= 0.3 is 0 Å². The maximum absolute atomic E-state index is 13.2. The lowest BCUT2D eigenvalue weighted by Crippen LogP contribution is -2.48. The van der Waals surface area contributed by atoms with Crippen molar-refractivity contribution in [2.45, 2.75) is 6.54 Å². The quantitative estimate of drug-likeness (QED) is 0.419. The van der Waals surface area contributed by atoms with Gasteiger partial charge in [0.15, 0.2) is 0 Å². The Balaban J connectivity index is 1.23.